The second kappa shape index (κ2) is 7.30. The van der Waals surface area contributed by atoms with Crippen molar-refractivity contribution in [1.29, 1.82) is 0 Å². The topological polar surface area (TPSA) is 77.8 Å². The molecule has 1 amide bonds. The molecule has 0 aromatic heterocycles. The van der Waals surface area contributed by atoms with Crippen molar-refractivity contribution in [1.82, 2.24) is 0 Å². The molecule has 1 heterocycles. The summed E-state index contributed by atoms with van der Waals surface area (Å²) in [7, 11) is 0. The van der Waals surface area contributed by atoms with E-state index in [1.807, 2.05) is 43.0 Å². The van der Waals surface area contributed by atoms with Crippen molar-refractivity contribution in [2.45, 2.75) is 39.2 Å². The lowest BCUT2D eigenvalue weighted by Gasteiger charge is -2.23. The number of aliphatic carboxylic acids is 1. The Bertz CT molecular complexity index is 836. The van der Waals surface area contributed by atoms with Crippen LogP contribution in [0.5, 0.6) is 0 Å². The van der Waals surface area contributed by atoms with E-state index in [9.17, 15) is 14.7 Å². The largest absolute Gasteiger partial charge is 0.481 e. The number of aryl methyl sites for hydroxylation is 2. The zero-order valence-corrected chi connectivity index (χ0v) is 15.0. The predicted molar refractivity (Wildman–Crippen MR) is 100 cm³/mol. The van der Waals surface area contributed by atoms with Crippen molar-refractivity contribution in [3.63, 3.8) is 0 Å². The predicted octanol–water partition coefficient (Wildman–Crippen LogP) is 3.61. The summed E-state index contributed by atoms with van der Waals surface area (Å²) < 4.78 is 0. The summed E-state index contributed by atoms with van der Waals surface area (Å²) in [5.74, 6) is -0.885. The zero-order chi connectivity index (χ0) is 18.8. The molecule has 0 radical (unpaired) electrons. The molecule has 1 unspecified atom stereocenters. The summed E-state index contributed by atoms with van der Waals surface area (Å²) in [4.78, 5) is 24.9. The van der Waals surface area contributed by atoms with E-state index in [0.717, 1.165) is 40.9 Å². The van der Waals surface area contributed by atoms with Gasteiger partial charge >= 0.3 is 5.97 Å². The number of hydrogen-bond acceptors (Lipinski definition) is 3. The Morgan fingerprint density at radius 1 is 1.19 bits per heavy atom. The van der Waals surface area contributed by atoms with Gasteiger partial charge in [-0.2, -0.15) is 0 Å². The number of rotatable bonds is 5. The number of carbonyl (C=O) groups excluding carboxylic acids is 1. The molecule has 1 aliphatic heterocycles. The third-order valence-corrected chi connectivity index (χ3v) is 4.83. The van der Waals surface area contributed by atoms with Gasteiger partial charge in [0.1, 0.15) is 0 Å². The lowest BCUT2D eigenvalue weighted by Crippen LogP contribution is -2.25. The average molecular weight is 353 g/mol. The molecule has 1 aliphatic rings. The summed E-state index contributed by atoms with van der Waals surface area (Å²) in [6.07, 6.45) is 0.0632. The van der Waals surface area contributed by atoms with Crippen LogP contribution in [0.15, 0.2) is 36.4 Å². The fourth-order valence-electron chi connectivity index (χ4n) is 3.75. The molecule has 2 aromatic carbocycles. The first kappa shape index (κ1) is 18.1. The first-order valence-corrected chi connectivity index (χ1v) is 8.79. The van der Waals surface area contributed by atoms with Crippen LogP contribution in [0, 0.1) is 13.8 Å². The van der Waals surface area contributed by atoms with Crippen molar-refractivity contribution >= 4 is 17.6 Å². The number of amides is 1. The molecule has 3 rings (SSSR count). The second-order valence-corrected chi connectivity index (χ2v) is 6.81. The molecule has 2 aromatic rings. The molecule has 2 N–H and O–H groups in total. The van der Waals surface area contributed by atoms with Gasteiger partial charge in [-0.25, -0.2) is 0 Å². The Morgan fingerprint density at radius 2 is 1.85 bits per heavy atom. The third kappa shape index (κ3) is 3.48. The lowest BCUT2D eigenvalue weighted by molar-refractivity contribution is -0.139. The Hall–Kier alpha value is -2.66. The molecule has 0 bridgehead atoms. The summed E-state index contributed by atoms with van der Waals surface area (Å²) >= 11 is 0. The van der Waals surface area contributed by atoms with Gasteiger partial charge in [-0.05, 0) is 60.2 Å². The Balaban J connectivity index is 2.04. The minimum absolute atomic E-state index is 0.154. The van der Waals surface area contributed by atoms with Crippen LogP contribution in [0.4, 0.5) is 5.69 Å². The van der Waals surface area contributed by atoms with Crippen LogP contribution in [0.25, 0.3) is 11.1 Å². The standard InChI is InChI=1S/C21H23NO4/c1-13-10-15(11-14(2)21(13)22-9-5-8-19(22)24)16-6-3-4-7-17(16)18(23)12-20(25)26/h3-4,6-7,10-11,18,23H,5,8-9,12H2,1-2H3,(H,25,26). The fraction of sp³-hybridized carbons (Fsp3) is 0.333. The van der Waals surface area contributed by atoms with Gasteiger partial charge in [-0.15, -0.1) is 0 Å². The van der Waals surface area contributed by atoms with Gasteiger partial charge in [0.15, 0.2) is 0 Å². The van der Waals surface area contributed by atoms with Crippen LogP contribution in [0.1, 0.15) is 42.1 Å². The molecule has 136 valence electrons. The van der Waals surface area contributed by atoms with Crippen LogP contribution in [-0.4, -0.2) is 28.6 Å². The number of aliphatic hydroxyl groups excluding tert-OH is 1. The quantitative estimate of drug-likeness (QED) is 0.861. The van der Waals surface area contributed by atoms with E-state index < -0.39 is 12.1 Å². The summed E-state index contributed by atoms with van der Waals surface area (Å²) in [5.41, 5.74) is 5.27. The zero-order valence-electron chi connectivity index (χ0n) is 15.0. The van der Waals surface area contributed by atoms with Crippen molar-refractivity contribution in [3.05, 3.63) is 53.1 Å². The maximum Gasteiger partial charge on any atom is 0.306 e. The average Bonchev–Trinajstić information content (AvgIpc) is 2.99. The highest BCUT2D eigenvalue weighted by Gasteiger charge is 2.25. The van der Waals surface area contributed by atoms with E-state index in [0.29, 0.717) is 12.0 Å². The van der Waals surface area contributed by atoms with E-state index in [1.54, 1.807) is 12.1 Å². The van der Waals surface area contributed by atoms with Gasteiger partial charge in [-0.1, -0.05) is 24.3 Å². The Kier molecular flexibility index (Phi) is 5.09. The lowest BCUT2D eigenvalue weighted by atomic mass is 9.92. The molecule has 0 saturated carbocycles. The first-order valence-electron chi connectivity index (χ1n) is 8.79. The van der Waals surface area contributed by atoms with E-state index >= 15 is 0 Å². The van der Waals surface area contributed by atoms with Crippen LogP contribution >= 0.6 is 0 Å². The van der Waals surface area contributed by atoms with E-state index in [1.165, 1.54) is 0 Å². The molecule has 1 atom stereocenters. The number of carboxylic acid groups (broad SMARTS) is 1. The van der Waals surface area contributed by atoms with E-state index in [4.69, 9.17) is 5.11 Å². The van der Waals surface area contributed by atoms with Crippen LogP contribution in [0.3, 0.4) is 0 Å². The minimum Gasteiger partial charge on any atom is -0.481 e. The van der Waals surface area contributed by atoms with Crippen LogP contribution in [-0.2, 0) is 9.59 Å². The van der Waals surface area contributed by atoms with Crippen molar-refractivity contribution < 1.29 is 19.8 Å². The Labute approximate surface area is 152 Å². The summed E-state index contributed by atoms with van der Waals surface area (Å²) in [6.45, 7) is 4.70. The monoisotopic (exact) mass is 353 g/mol. The highest BCUT2D eigenvalue weighted by Crippen LogP contribution is 2.36. The molecule has 5 heteroatoms. The number of nitrogens with zero attached hydrogens (tertiary/aromatic N) is 1. The normalized spacial score (nSPS) is 15.3. The number of hydrogen-bond donors (Lipinski definition) is 2. The van der Waals surface area contributed by atoms with Gasteiger partial charge in [0.25, 0.3) is 0 Å². The maximum atomic E-state index is 12.1. The van der Waals surface area contributed by atoms with Crippen molar-refractivity contribution in [2.75, 3.05) is 11.4 Å². The molecular weight excluding hydrogens is 330 g/mol. The number of aliphatic hydroxyl groups is 1. The number of anilines is 1. The van der Waals surface area contributed by atoms with Gasteiger partial charge in [0.05, 0.1) is 12.5 Å². The fourth-order valence-corrected chi connectivity index (χ4v) is 3.75. The van der Waals surface area contributed by atoms with Gasteiger partial charge in [-0.3, -0.25) is 9.59 Å². The smallest absolute Gasteiger partial charge is 0.306 e. The molecule has 0 aliphatic carbocycles. The molecule has 1 saturated heterocycles. The van der Waals surface area contributed by atoms with E-state index in [2.05, 4.69) is 0 Å². The van der Waals surface area contributed by atoms with Crippen LogP contribution in [0.2, 0.25) is 0 Å². The van der Waals surface area contributed by atoms with Gasteiger partial charge < -0.3 is 15.1 Å². The number of carboxylic acids is 1. The molecule has 26 heavy (non-hydrogen) atoms. The molecule has 0 spiro atoms. The first-order chi connectivity index (χ1) is 12.4. The second-order valence-electron chi connectivity index (χ2n) is 6.81. The molecule has 5 nitrogen and oxygen atoms in total. The van der Waals surface area contributed by atoms with Gasteiger partial charge in [0.2, 0.25) is 5.91 Å². The summed E-state index contributed by atoms with van der Waals surface area (Å²) in [6, 6.07) is 11.3. The van der Waals surface area contributed by atoms with Gasteiger partial charge in [0, 0.05) is 18.7 Å². The summed E-state index contributed by atoms with van der Waals surface area (Å²) in [5, 5.41) is 19.3. The van der Waals surface area contributed by atoms with E-state index in [-0.39, 0.29) is 12.3 Å². The van der Waals surface area contributed by atoms with Crippen molar-refractivity contribution in [2.24, 2.45) is 0 Å². The SMILES string of the molecule is Cc1cc(-c2ccccc2C(O)CC(=O)O)cc(C)c1N1CCCC1=O. The van der Waals surface area contributed by atoms with Crippen LogP contribution < -0.4 is 4.90 Å². The number of carbonyl (C=O) groups is 2. The van der Waals surface area contributed by atoms with Crippen molar-refractivity contribution in [3.8, 4) is 11.1 Å². The minimum atomic E-state index is -1.07. The maximum absolute atomic E-state index is 12.1. The molecular formula is C21H23NO4. The number of benzene rings is 2. The highest BCUT2D eigenvalue weighted by atomic mass is 16.4. The highest BCUT2D eigenvalue weighted by molar-refractivity contribution is 5.97. The third-order valence-electron chi connectivity index (χ3n) is 4.83. The molecule has 1 fully saturated rings. The Morgan fingerprint density at radius 3 is 2.42 bits per heavy atom.